The number of amides is 2. The summed E-state index contributed by atoms with van der Waals surface area (Å²) < 4.78 is 4.01. The van der Waals surface area contributed by atoms with Gasteiger partial charge in [0.1, 0.15) is 27.0 Å². The van der Waals surface area contributed by atoms with Crippen molar-refractivity contribution >= 4 is 80.3 Å². The summed E-state index contributed by atoms with van der Waals surface area (Å²) >= 11 is 8.25. The van der Waals surface area contributed by atoms with Crippen LogP contribution in [0.15, 0.2) is 59.4 Å². The number of carbonyl (C=O) groups is 4. The van der Waals surface area contributed by atoms with Crippen LogP contribution in [0.1, 0.15) is 12.1 Å². The highest BCUT2D eigenvalue weighted by Crippen LogP contribution is 2.40. The lowest BCUT2D eigenvalue weighted by Gasteiger charge is -2.50. The summed E-state index contributed by atoms with van der Waals surface area (Å²) in [6.07, 6.45) is 4.76. The molecule has 2 aliphatic rings. The summed E-state index contributed by atoms with van der Waals surface area (Å²) in [7, 11) is 1.90. The molecule has 5 N–H and O–H groups in total. The molecule has 0 radical (unpaired) electrons. The van der Waals surface area contributed by atoms with Gasteiger partial charge in [-0.1, -0.05) is 28.1 Å². The number of thiazole rings is 1. The zero-order chi connectivity index (χ0) is 32.4. The number of nitrogens with one attached hydrogen (secondary N) is 2. The number of oxime groups is 1. The van der Waals surface area contributed by atoms with Gasteiger partial charge in [-0.25, -0.2) is 9.78 Å². The minimum Gasteiger partial charge on any atom is -0.543 e. The average Bonchev–Trinajstić information content (AvgIpc) is 3.57. The SMILES string of the molecule is C=C(O/N=C(\C(=O)NC1C(=O)N2C(C(=O)[O-])=C(C[n+]3cccc4c3ccn4CCCNC)CSC12)c1nc(N)sc1Cl)C(=O)O. The van der Waals surface area contributed by atoms with Crippen LogP contribution in [0.2, 0.25) is 4.34 Å². The van der Waals surface area contributed by atoms with Gasteiger partial charge in [-0.3, -0.25) is 14.5 Å². The van der Waals surface area contributed by atoms with Crippen LogP contribution in [-0.2, 0) is 37.1 Å². The van der Waals surface area contributed by atoms with E-state index in [1.54, 1.807) is 0 Å². The van der Waals surface area contributed by atoms with Crippen molar-refractivity contribution < 1.29 is 38.8 Å². The number of halogens is 1. The second-order valence-corrected chi connectivity index (χ2v) is 12.6. The van der Waals surface area contributed by atoms with Gasteiger partial charge in [0.15, 0.2) is 23.6 Å². The van der Waals surface area contributed by atoms with Gasteiger partial charge in [0.2, 0.25) is 11.3 Å². The molecule has 3 aromatic rings. The van der Waals surface area contributed by atoms with E-state index in [2.05, 4.69) is 31.9 Å². The number of aromatic nitrogens is 3. The van der Waals surface area contributed by atoms with Gasteiger partial charge in [0, 0.05) is 36.2 Å². The molecule has 45 heavy (non-hydrogen) atoms. The Hall–Kier alpha value is -4.45. The van der Waals surface area contributed by atoms with E-state index in [1.807, 2.05) is 42.2 Å². The van der Waals surface area contributed by atoms with Gasteiger partial charge in [0.25, 0.3) is 11.8 Å². The first-order chi connectivity index (χ1) is 21.5. The van der Waals surface area contributed by atoms with Crippen molar-refractivity contribution in [2.75, 3.05) is 25.1 Å². The number of nitrogens with zero attached hydrogens (tertiary/aromatic N) is 5. The number of β-lactam (4-membered cyclic amide) rings is 1. The molecule has 0 bridgehead atoms. The number of thioether (sulfide) groups is 1. The lowest BCUT2D eigenvalue weighted by molar-refractivity contribution is -0.663. The average molecular weight is 675 g/mol. The normalized spacial score (nSPS) is 18.0. The number of carboxylic acid groups (broad SMARTS) is 2. The number of aryl methyl sites for hydroxylation is 1. The summed E-state index contributed by atoms with van der Waals surface area (Å²) in [4.78, 5) is 59.8. The lowest BCUT2D eigenvalue weighted by Crippen LogP contribution is -2.71. The van der Waals surface area contributed by atoms with Gasteiger partial charge in [-0.15, -0.1) is 11.8 Å². The van der Waals surface area contributed by atoms with E-state index in [9.17, 15) is 24.3 Å². The number of aliphatic carboxylic acids is 2. The molecule has 236 valence electrons. The standard InChI is InChI=1S/C27H27ClN8O7S2/c1-13(25(39)40)43-33-18(17-21(28)45-27(29)32-17)22(37)31-19-23(38)36-20(26(41)42)14(12-44-24(19)36)11-35-8-3-5-15-16(35)6-10-34(15)9-4-7-30-2/h3,5-6,8,10,19,24,30H,1,4,7,9,11-12H2,2H3,(H4-,29,31,32,37,39,40,41,42)/b33-18-. The Kier molecular flexibility index (Phi) is 9.42. The van der Waals surface area contributed by atoms with E-state index in [0.717, 1.165) is 46.8 Å². The third kappa shape index (κ3) is 6.37. The van der Waals surface area contributed by atoms with Crippen molar-refractivity contribution in [1.29, 1.82) is 0 Å². The van der Waals surface area contributed by atoms with Crippen LogP contribution < -0.4 is 26.0 Å². The van der Waals surface area contributed by atoms with E-state index >= 15 is 0 Å². The van der Waals surface area contributed by atoms with Crippen molar-refractivity contribution in [3.05, 3.63) is 64.2 Å². The summed E-state index contributed by atoms with van der Waals surface area (Å²) in [6.45, 7) is 5.06. The maximum Gasteiger partial charge on any atom is 0.374 e. The van der Waals surface area contributed by atoms with Crippen LogP contribution in [0.25, 0.3) is 11.0 Å². The van der Waals surface area contributed by atoms with E-state index < -0.39 is 46.6 Å². The maximum atomic E-state index is 13.3. The Morgan fingerprint density at radius 1 is 1.38 bits per heavy atom. The zero-order valence-corrected chi connectivity index (χ0v) is 26.1. The van der Waals surface area contributed by atoms with Crippen LogP contribution in [0.3, 0.4) is 0 Å². The predicted octanol–water partition coefficient (Wildman–Crippen LogP) is -0.346. The second kappa shape index (κ2) is 13.3. The molecule has 0 aromatic carbocycles. The molecule has 0 aliphatic carbocycles. The molecule has 5 rings (SSSR count). The van der Waals surface area contributed by atoms with Crippen LogP contribution in [0.4, 0.5) is 5.13 Å². The summed E-state index contributed by atoms with van der Waals surface area (Å²) in [6, 6.07) is 4.68. The first kappa shape index (κ1) is 32.0. The van der Waals surface area contributed by atoms with Crippen LogP contribution in [-0.4, -0.2) is 79.8 Å². The molecule has 0 saturated carbocycles. The molecular weight excluding hydrogens is 648 g/mol. The minimum absolute atomic E-state index is 0.00326. The van der Waals surface area contributed by atoms with Crippen molar-refractivity contribution in [2.45, 2.75) is 30.9 Å². The Labute approximate surface area is 269 Å². The number of nitrogens with two attached hydrogens (primary N) is 1. The Morgan fingerprint density at radius 3 is 2.82 bits per heavy atom. The number of nitrogen functional groups attached to an aromatic ring is 1. The van der Waals surface area contributed by atoms with Crippen LogP contribution >= 0.6 is 34.7 Å². The highest BCUT2D eigenvalue weighted by atomic mass is 35.5. The molecule has 15 nitrogen and oxygen atoms in total. The zero-order valence-electron chi connectivity index (χ0n) is 23.7. The van der Waals surface area contributed by atoms with Crippen molar-refractivity contribution in [3.63, 3.8) is 0 Å². The molecule has 0 spiro atoms. The quantitative estimate of drug-likeness (QED) is 0.0350. The van der Waals surface area contributed by atoms with E-state index in [0.29, 0.717) is 5.57 Å². The minimum atomic E-state index is -1.53. The van der Waals surface area contributed by atoms with Crippen molar-refractivity contribution in [1.82, 2.24) is 25.1 Å². The van der Waals surface area contributed by atoms with Gasteiger partial charge in [0.05, 0.1) is 11.7 Å². The highest BCUT2D eigenvalue weighted by molar-refractivity contribution is 8.00. The smallest absolute Gasteiger partial charge is 0.374 e. The van der Waals surface area contributed by atoms with Gasteiger partial charge < -0.3 is 40.8 Å². The maximum absolute atomic E-state index is 13.3. The molecule has 5 heterocycles. The molecule has 18 heteroatoms. The van der Waals surface area contributed by atoms with E-state index in [-0.39, 0.29) is 33.2 Å². The van der Waals surface area contributed by atoms with Gasteiger partial charge >= 0.3 is 5.97 Å². The number of hydrogen-bond donors (Lipinski definition) is 4. The largest absolute Gasteiger partial charge is 0.543 e. The van der Waals surface area contributed by atoms with Crippen molar-refractivity contribution in [2.24, 2.45) is 5.16 Å². The summed E-state index contributed by atoms with van der Waals surface area (Å²) in [5.74, 6) is -5.25. The molecule has 2 amide bonds. The Balaban J connectivity index is 1.37. The summed E-state index contributed by atoms with van der Waals surface area (Å²) in [5.41, 5.74) is 7.05. The van der Waals surface area contributed by atoms with E-state index in [1.165, 1.54) is 11.8 Å². The molecule has 2 atom stereocenters. The first-order valence-corrected chi connectivity index (χ1v) is 15.7. The monoisotopic (exact) mass is 674 g/mol. The lowest BCUT2D eigenvalue weighted by atomic mass is 10.0. The topological polar surface area (TPSA) is 208 Å². The molecule has 1 fully saturated rings. The fourth-order valence-electron chi connectivity index (χ4n) is 4.98. The molecule has 1 saturated heterocycles. The molecule has 2 unspecified atom stereocenters. The van der Waals surface area contributed by atoms with E-state index in [4.69, 9.17) is 27.3 Å². The van der Waals surface area contributed by atoms with Crippen LogP contribution in [0, 0.1) is 0 Å². The second-order valence-electron chi connectivity index (χ2n) is 9.91. The predicted molar refractivity (Wildman–Crippen MR) is 164 cm³/mol. The number of pyridine rings is 1. The Bertz CT molecular complexity index is 1790. The third-order valence-corrected chi connectivity index (χ3v) is 9.48. The number of hydrogen-bond acceptors (Lipinski definition) is 12. The highest BCUT2D eigenvalue weighted by Gasteiger charge is 2.53. The van der Waals surface area contributed by atoms with Crippen molar-refractivity contribution in [3.8, 4) is 0 Å². The summed E-state index contributed by atoms with van der Waals surface area (Å²) in [5, 5.41) is 29.8. The number of anilines is 1. The molecular formula is C27H27ClN8O7S2. The fourth-order valence-corrected chi connectivity index (χ4v) is 7.24. The molecule has 3 aromatic heterocycles. The number of fused-ring (bicyclic) bond motifs is 2. The Morgan fingerprint density at radius 2 is 2.16 bits per heavy atom. The molecule has 2 aliphatic heterocycles. The van der Waals surface area contributed by atoms with Gasteiger partial charge in [-0.05, 0) is 32.7 Å². The number of carbonyl (C=O) groups excluding carboxylic acids is 3. The number of rotatable bonds is 13. The van der Waals surface area contributed by atoms with Gasteiger partial charge in [-0.2, -0.15) is 4.57 Å². The van der Waals surface area contributed by atoms with Crippen LogP contribution in [0.5, 0.6) is 0 Å². The first-order valence-electron chi connectivity index (χ1n) is 13.4. The number of carboxylic acids is 2. The fraction of sp³-hybridized carbons (Fsp3) is 0.296. The third-order valence-electron chi connectivity index (χ3n) is 7.06.